The standard InChI is InChI=1S/C18H16/c1-13-10-16-8-9-17(12-18(16)11-14(13)2)15-6-4-3-5-7-15/h3-12H,1-2H3. The van der Waals surface area contributed by atoms with Gasteiger partial charge in [-0.25, -0.2) is 0 Å². The molecular weight excluding hydrogens is 216 g/mol. The van der Waals surface area contributed by atoms with Gasteiger partial charge in [0.1, 0.15) is 0 Å². The molecular formula is C18H16. The summed E-state index contributed by atoms with van der Waals surface area (Å²) in [6.45, 7) is 4.34. The Bertz CT molecular complexity index is 694. The summed E-state index contributed by atoms with van der Waals surface area (Å²) < 4.78 is 0. The van der Waals surface area contributed by atoms with E-state index >= 15 is 0 Å². The van der Waals surface area contributed by atoms with E-state index in [9.17, 15) is 0 Å². The van der Waals surface area contributed by atoms with Crippen LogP contribution in [-0.4, -0.2) is 0 Å². The van der Waals surface area contributed by atoms with Crippen molar-refractivity contribution >= 4 is 10.8 Å². The van der Waals surface area contributed by atoms with E-state index in [2.05, 4.69) is 74.5 Å². The molecule has 0 bridgehead atoms. The van der Waals surface area contributed by atoms with Gasteiger partial charge >= 0.3 is 0 Å². The van der Waals surface area contributed by atoms with Gasteiger partial charge < -0.3 is 0 Å². The van der Waals surface area contributed by atoms with Crippen LogP contribution in [0.3, 0.4) is 0 Å². The highest BCUT2D eigenvalue weighted by Gasteiger charge is 2.01. The molecule has 0 aliphatic rings. The summed E-state index contributed by atoms with van der Waals surface area (Å²) in [5, 5.41) is 2.64. The molecule has 0 aliphatic carbocycles. The topological polar surface area (TPSA) is 0 Å². The smallest absolute Gasteiger partial charge is 0.0175 e. The number of fused-ring (bicyclic) bond motifs is 1. The lowest BCUT2D eigenvalue weighted by Gasteiger charge is -2.07. The molecule has 0 heteroatoms. The van der Waals surface area contributed by atoms with E-state index < -0.39 is 0 Å². The second kappa shape index (κ2) is 4.30. The summed E-state index contributed by atoms with van der Waals surface area (Å²) in [7, 11) is 0. The van der Waals surface area contributed by atoms with E-state index in [0.717, 1.165) is 0 Å². The molecule has 3 aromatic carbocycles. The van der Waals surface area contributed by atoms with Crippen molar-refractivity contribution in [1.29, 1.82) is 0 Å². The Labute approximate surface area is 108 Å². The minimum atomic E-state index is 1.28. The molecule has 0 nitrogen and oxygen atoms in total. The lowest BCUT2D eigenvalue weighted by Crippen LogP contribution is -1.83. The lowest BCUT2D eigenvalue weighted by molar-refractivity contribution is 1.37. The van der Waals surface area contributed by atoms with Crippen molar-refractivity contribution in [2.24, 2.45) is 0 Å². The molecule has 88 valence electrons. The summed E-state index contributed by atoms with van der Waals surface area (Å²) in [6.07, 6.45) is 0. The Morgan fingerprint density at radius 2 is 1.22 bits per heavy atom. The predicted molar refractivity (Wildman–Crippen MR) is 78.9 cm³/mol. The van der Waals surface area contributed by atoms with Gasteiger partial charge in [-0.2, -0.15) is 0 Å². The van der Waals surface area contributed by atoms with Gasteiger partial charge in [0, 0.05) is 0 Å². The van der Waals surface area contributed by atoms with E-state index in [1.807, 2.05) is 0 Å². The van der Waals surface area contributed by atoms with Crippen LogP contribution in [0.5, 0.6) is 0 Å². The SMILES string of the molecule is Cc1cc2ccc(-c3ccccc3)cc2cc1C. The van der Waals surface area contributed by atoms with E-state index in [-0.39, 0.29) is 0 Å². The molecule has 0 amide bonds. The third-order valence-corrected chi connectivity index (χ3v) is 3.56. The molecule has 0 atom stereocenters. The number of rotatable bonds is 1. The fraction of sp³-hybridized carbons (Fsp3) is 0.111. The molecule has 18 heavy (non-hydrogen) atoms. The van der Waals surface area contributed by atoms with Crippen molar-refractivity contribution < 1.29 is 0 Å². The fourth-order valence-corrected chi connectivity index (χ4v) is 2.34. The van der Waals surface area contributed by atoms with Crippen LogP contribution >= 0.6 is 0 Å². The fourth-order valence-electron chi connectivity index (χ4n) is 2.34. The van der Waals surface area contributed by atoms with E-state index in [4.69, 9.17) is 0 Å². The monoisotopic (exact) mass is 232 g/mol. The molecule has 0 N–H and O–H groups in total. The normalized spacial score (nSPS) is 10.8. The minimum Gasteiger partial charge on any atom is -0.0622 e. The summed E-state index contributed by atoms with van der Waals surface area (Å²) in [4.78, 5) is 0. The first-order valence-electron chi connectivity index (χ1n) is 6.30. The Morgan fingerprint density at radius 1 is 0.556 bits per heavy atom. The van der Waals surface area contributed by atoms with Gasteiger partial charge in [0.25, 0.3) is 0 Å². The summed E-state index contributed by atoms with van der Waals surface area (Å²) in [5.74, 6) is 0. The van der Waals surface area contributed by atoms with Gasteiger partial charge in [0.15, 0.2) is 0 Å². The Hall–Kier alpha value is -2.08. The van der Waals surface area contributed by atoms with Crippen LogP contribution in [0.15, 0.2) is 60.7 Å². The molecule has 0 unspecified atom stereocenters. The number of benzene rings is 3. The molecule has 3 aromatic rings. The highest BCUT2D eigenvalue weighted by Crippen LogP contribution is 2.26. The summed E-state index contributed by atoms with van der Waals surface area (Å²) in [6, 6.07) is 21.8. The number of hydrogen-bond donors (Lipinski definition) is 0. The Balaban J connectivity index is 2.20. The molecule has 0 aliphatic heterocycles. The van der Waals surface area contributed by atoms with Gasteiger partial charge in [0.05, 0.1) is 0 Å². The third kappa shape index (κ3) is 1.91. The quantitative estimate of drug-likeness (QED) is 0.546. The molecule has 0 spiro atoms. The average molecular weight is 232 g/mol. The first-order chi connectivity index (χ1) is 8.74. The van der Waals surface area contributed by atoms with Crippen molar-refractivity contribution in [2.45, 2.75) is 13.8 Å². The average Bonchev–Trinajstić information content (AvgIpc) is 2.41. The van der Waals surface area contributed by atoms with Gasteiger partial charge in [-0.05, 0) is 52.9 Å². The van der Waals surface area contributed by atoms with Crippen LogP contribution in [0.2, 0.25) is 0 Å². The number of aryl methyl sites for hydroxylation is 2. The second-order valence-electron chi connectivity index (χ2n) is 4.86. The van der Waals surface area contributed by atoms with E-state index in [0.29, 0.717) is 0 Å². The molecule has 0 saturated carbocycles. The zero-order chi connectivity index (χ0) is 12.5. The van der Waals surface area contributed by atoms with Crippen LogP contribution in [0.1, 0.15) is 11.1 Å². The van der Waals surface area contributed by atoms with Crippen molar-refractivity contribution in [3.8, 4) is 11.1 Å². The van der Waals surface area contributed by atoms with Crippen LogP contribution < -0.4 is 0 Å². The lowest BCUT2D eigenvalue weighted by atomic mass is 9.98. The van der Waals surface area contributed by atoms with Crippen molar-refractivity contribution in [3.05, 3.63) is 71.8 Å². The maximum atomic E-state index is 2.27. The van der Waals surface area contributed by atoms with Crippen molar-refractivity contribution in [3.63, 3.8) is 0 Å². The maximum absolute atomic E-state index is 2.27. The molecule has 0 heterocycles. The molecule has 0 saturated heterocycles. The van der Waals surface area contributed by atoms with Gasteiger partial charge in [-0.1, -0.05) is 54.6 Å². The molecule has 0 radical (unpaired) electrons. The molecule has 0 aromatic heterocycles. The van der Waals surface area contributed by atoms with E-state index in [1.165, 1.54) is 33.0 Å². The third-order valence-electron chi connectivity index (χ3n) is 3.56. The first-order valence-corrected chi connectivity index (χ1v) is 6.30. The molecule has 3 rings (SSSR count). The van der Waals surface area contributed by atoms with Gasteiger partial charge in [-0.15, -0.1) is 0 Å². The second-order valence-corrected chi connectivity index (χ2v) is 4.86. The van der Waals surface area contributed by atoms with Crippen LogP contribution in [0.4, 0.5) is 0 Å². The van der Waals surface area contributed by atoms with Crippen molar-refractivity contribution in [1.82, 2.24) is 0 Å². The van der Waals surface area contributed by atoms with Crippen LogP contribution in [0.25, 0.3) is 21.9 Å². The zero-order valence-corrected chi connectivity index (χ0v) is 10.8. The van der Waals surface area contributed by atoms with Crippen molar-refractivity contribution in [2.75, 3.05) is 0 Å². The van der Waals surface area contributed by atoms with Gasteiger partial charge in [-0.3, -0.25) is 0 Å². The highest BCUT2D eigenvalue weighted by molar-refractivity contribution is 5.88. The van der Waals surface area contributed by atoms with Gasteiger partial charge in [0.2, 0.25) is 0 Å². The first kappa shape index (κ1) is 11.0. The largest absolute Gasteiger partial charge is 0.0622 e. The zero-order valence-electron chi connectivity index (χ0n) is 10.8. The summed E-state index contributed by atoms with van der Waals surface area (Å²) >= 11 is 0. The maximum Gasteiger partial charge on any atom is -0.0175 e. The van der Waals surface area contributed by atoms with Crippen LogP contribution in [0, 0.1) is 13.8 Å². The predicted octanol–water partition coefficient (Wildman–Crippen LogP) is 5.12. The van der Waals surface area contributed by atoms with Crippen LogP contribution in [-0.2, 0) is 0 Å². The highest BCUT2D eigenvalue weighted by atomic mass is 14.1. The Kier molecular flexibility index (Phi) is 2.64. The number of hydrogen-bond acceptors (Lipinski definition) is 0. The Morgan fingerprint density at radius 3 is 1.94 bits per heavy atom. The molecule has 0 fully saturated rings. The minimum absolute atomic E-state index is 1.28. The van der Waals surface area contributed by atoms with E-state index in [1.54, 1.807) is 0 Å². The summed E-state index contributed by atoms with van der Waals surface area (Å²) in [5.41, 5.74) is 5.27.